The number of carbonyl (C=O) groups is 1. The number of nitrogens with zero attached hydrogens (tertiary/aromatic N) is 2. The molecule has 2 aliphatic heterocycles. The molecule has 0 aromatic carbocycles. The molecule has 3 rings (SSSR count). The highest BCUT2D eigenvalue weighted by Crippen LogP contribution is 2.20. The molecule has 0 unspecified atom stereocenters. The van der Waals surface area contributed by atoms with E-state index in [1.165, 1.54) is 12.7 Å². The molecule has 0 aliphatic carbocycles. The molecule has 3 heterocycles. The van der Waals surface area contributed by atoms with Gasteiger partial charge in [0, 0.05) is 18.3 Å². The number of H-pyrrole nitrogens is 1. The van der Waals surface area contributed by atoms with E-state index in [9.17, 15) is 9.59 Å². The van der Waals surface area contributed by atoms with Crippen LogP contribution < -0.4 is 16.3 Å². The largest absolute Gasteiger partial charge is 0.465 e. The number of pyridine rings is 1. The van der Waals surface area contributed by atoms with Crippen LogP contribution in [0.25, 0.3) is 6.08 Å². The third kappa shape index (κ3) is 3.12. The predicted molar refractivity (Wildman–Crippen MR) is 88.0 cm³/mol. The van der Waals surface area contributed by atoms with Crippen LogP contribution in [0.15, 0.2) is 27.2 Å². The molecule has 0 radical (unpaired) electrons. The molecule has 7 heteroatoms. The van der Waals surface area contributed by atoms with Gasteiger partial charge in [0.25, 0.3) is 5.56 Å². The van der Waals surface area contributed by atoms with Crippen LogP contribution in [0.1, 0.15) is 30.1 Å². The lowest BCUT2D eigenvalue weighted by atomic mass is 10.1. The third-order valence-electron chi connectivity index (χ3n) is 4.29. The van der Waals surface area contributed by atoms with Gasteiger partial charge in [-0.3, -0.25) is 4.79 Å². The fraction of sp³-hybridized carbons (Fsp3) is 0.471. The van der Waals surface area contributed by atoms with Crippen molar-refractivity contribution < 1.29 is 14.3 Å². The molecule has 0 amide bonds. The first-order valence-corrected chi connectivity index (χ1v) is 8.09. The number of aromatic amines is 1. The van der Waals surface area contributed by atoms with Gasteiger partial charge < -0.3 is 19.4 Å². The van der Waals surface area contributed by atoms with Gasteiger partial charge in [-0.15, -0.1) is 0 Å². The fourth-order valence-corrected chi connectivity index (χ4v) is 2.93. The van der Waals surface area contributed by atoms with Crippen molar-refractivity contribution >= 4 is 12.0 Å². The maximum atomic E-state index is 12.2. The average molecular weight is 331 g/mol. The lowest BCUT2D eigenvalue weighted by Crippen LogP contribution is -2.40. The summed E-state index contributed by atoms with van der Waals surface area (Å²) in [6, 6.07) is 1.55. The standard InChI is InChI=1S/C17H21N3O4/c1-3-11-4-5-12-10-13(17(22)23-2)16(21)19-14(12)18-15(11)20-6-8-24-9-7-20/h5,10H,3-4,6-9H2,1-2H3,(H,18,19,21). The average Bonchev–Trinajstić information content (AvgIpc) is 2.80. The van der Waals surface area contributed by atoms with Gasteiger partial charge in [-0.2, -0.15) is 0 Å². The summed E-state index contributed by atoms with van der Waals surface area (Å²) in [5.74, 6) is 0.256. The molecule has 7 nitrogen and oxygen atoms in total. The number of aromatic nitrogens is 1. The molecular formula is C17H21N3O4. The maximum absolute atomic E-state index is 12.2. The molecule has 1 fully saturated rings. The second-order valence-corrected chi connectivity index (χ2v) is 5.71. The smallest absolute Gasteiger partial charge is 0.343 e. The molecule has 24 heavy (non-hydrogen) atoms. The van der Waals surface area contributed by atoms with E-state index >= 15 is 0 Å². The van der Waals surface area contributed by atoms with Gasteiger partial charge >= 0.3 is 5.97 Å². The van der Waals surface area contributed by atoms with Crippen molar-refractivity contribution in [1.29, 1.82) is 0 Å². The molecule has 128 valence electrons. The molecule has 1 aromatic heterocycles. The Morgan fingerprint density at radius 3 is 2.83 bits per heavy atom. The summed E-state index contributed by atoms with van der Waals surface area (Å²) in [5.41, 5.74) is 1.20. The van der Waals surface area contributed by atoms with E-state index in [2.05, 4.69) is 21.5 Å². The highest BCUT2D eigenvalue weighted by molar-refractivity contribution is 5.88. The highest BCUT2D eigenvalue weighted by atomic mass is 16.5. The number of hydrogen-bond acceptors (Lipinski definition) is 6. The number of fused-ring (bicyclic) bond motifs is 1. The summed E-state index contributed by atoms with van der Waals surface area (Å²) in [6.45, 7) is 5.00. The molecule has 0 spiro atoms. The van der Waals surface area contributed by atoms with Crippen LogP contribution in [0.4, 0.5) is 0 Å². The van der Waals surface area contributed by atoms with Crippen molar-refractivity contribution in [2.75, 3.05) is 33.4 Å². The Labute approximate surface area is 139 Å². The topological polar surface area (TPSA) is 84.0 Å². The first-order valence-electron chi connectivity index (χ1n) is 8.09. The summed E-state index contributed by atoms with van der Waals surface area (Å²) in [4.78, 5) is 33.5. The van der Waals surface area contributed by atoms with Crippen molar-refractivity contribution in [1.82, 2.24) is 9.88 Å². The Bertz CT molecular complexity index is 848. The Balaban J connectivity index is 2.12. The van der Waals surface area contributed by atoms with Crippen LogP contribution in [-0.4, -0.2) is 49.3 Å². The van der Waals surface area contributed by atoms with Gasteiger partial charge in [0.1, 0.15) is 16.9 Å². The monoisotopic (exact) mass is 331 g/mol. The zero-order valence-corrected chi connectivity index (χ0v) is 13.9. The van der Waals surface area contributed by atoms with E-state index in [1.54, 1.807) is 6.07 Å². The van der Waals surface area contributed by atoms with Crippen LogP contribution in [0, 0.1) is 0 Å². The van der Waals surface area contributed by atoms with E-state index < -0.39 is 11.5 Å². The van der Waals surface area contributed by atoms with Crippen molar-refractivity contribution in [3.8, 4) is 0 Å². The summed E-state index contributed by atoms with van der Waals surface area (Å²) in [5, 5.41) is 0.740. The molecule has 1 aromatic rings. The van der Waals surface area contributed by atoms with Crippen LogP contribution >= 0.6 is 0 Å². The number of allylic oxidation sites excluding steroid dienone is 1. The minimum atomic E-state index is -0.645. The molecular weight excluding hydrogens is 310 g/mol. The molecule has 1 saturated heterocycles. The van der Waals surface area contributed by atoms with Gasteiger partial charge in [-0.05, 0) is 24.5 Å². The number of carbonyl (C=O) groups excluding carboxylic acids is 1. The van der Waals surface area contributed by atoms with E-state index in [-0.39, 0.29) is 5.56 Å². The van der Waals surface area contributed by atoms with Gasteiger partial charge in [0.05, 0.1) is 20.3 Å². The number of nitrogens with one attached hydrogen (secondary N) is 1. The number of hydrogen-bond donors (Lipinski definition) is 1. The summed E-state index contributed by atoms with van der Waals surface area (Å²) in [7, 11) is 1.26. The van der Waals surface area contributed by atoms with Crippen molar-refractivity contribution in [2.45, 2.75) is 19.8 Å². The van der Waals surface area contributed by atoms with Crippen LogP contribution in [-0.2, 0) is 9.47 Å². The van der Waals surface area contributed by atoms with E-state index in [0.29, 0.717) is 18.7 Å². The Hall–Kier alpha value is -2.41. The molecule has 1 N–H and O–H groups in total. The Morgan fingerprint density at radius 1 is 1.42 bits per heavy atom. The number of methoxy groups -OCH3 is 1. The van der Waals surface area contributed by atoms with E-state index in [4.69, 9.17) is 9.73 Å². The van der Waals surface area contributed by atoms with Crippen LogP contribution in [0.2, 0.25) is 0 Å². The molecule has 0 atom stereocenters. The highest BCUT2D eigenvalue weighted by Gasteiger charge is 2.19. The van der Waals surface area contributed by atoms with Crippen molar-refractivity contribution in [3.63, 3.8) is 0 Å². The molecule has 0 bridgehead atoms. The molecule has 2 aliphatic rings. The van der Waals surface area contributed by atoms with Gasteiger partial charge in [0.15, 0.2) is 0 Å². The van der Waals surface area contributed by atoms with E-state index in [0.717, 1.165) is 37.0 Å². The first kappa shape index (κ1) is 16.4. The van der Waals surface area contributed by atoms with E-state index in [1.807, 2.05) is 6.08 Å². The number of rotatable bonds is 3. The first-order chi connectivity index (χ1) is 11.6. The summed E-state index contributed by atoms with van der Waals surface area (Å²) in [6.07, 6.45) is 3.59. The van der Waals surface area contributed by atoms with Gasteiger partial charge in [-0.25, -0.2) is 9.79 Å². The lowest BCUT2D eigenvalue weighted by Gasteiger charge is -2.30. The Kier molecular flexibility index (Phi) is 4.80. The second kappa shape index (κ2) is 7.00. The predicted octanol–water partition coefficient (Wildman–Crippen LogP) is -0.0809. The zero-order valence-electron chi connectivity index (χ0n) is 13.9. The SMILES string of the molecule is CCC1=C(N2CCOCC2)N=c2[nH]c(=O)c(C(=O)OC)cc2=CC1. The lowest BCUT2D eigenvalue weighted by molar-refractivity contribution is 0.0522. The summed E-state index contributed by atoms with van der Waals surface area (Å²) >= 11 is 0. The second-order valence-electron chi connectivity index (χ2n) is 5.71. The normalized spacial score (nSPS) is 17.5. The van der Waals surface area contributed by atoms with Crippen LogP contribution in [0.5, 0.6) is 0 Å². The minimum absolute atomic E-state index is 0.00410. The number of ether oxygens (including phenoxy) is 2. The number of esters is 1. The van der Waals surface area contributed by atoms with Crippen molar-refractivity contribution in [3.05, 3.63) is 44.1 Å². The fourth-order valence-electron chi connectivity index (χ4n) is 2.93. The van der Waals surface area contributed by atoms with Gasteiger partial charge in [0.2, 0.25) is 0 Å². The zero-order chi connectivity index (χ0) is 17.1. The van der Waals surface area contributed by atoms with Crippen molar-refractivity contribution in [2.24, 2.45) is 4.99 Å². The maximum Gasteiger partial charge on any atom is 0.343 e. The number of morpholine rings is 1. The van der Waals surface area contributed by atoms with Gasteiger partial charge in [-0.1, -0.05) is 13.0 Å². The van der Waals surface area contributed by atoms with Crippen LogP contribution in [0.3, 0.4) is 0 Å². The Morgan fingerprint density at radius 2 is 2.17 bits per heavy atom. The third-order valence-corrected chi connectivity index (χ3v) is 4.29. The minimum Gasteiger partial charge on any atom is -0.465 e. The quantitative estimate of drug-likeness (QED) is 0.783. The summed E-state index contributed by atoms with van der Waals surface area (Å²) < 4.78 is 10.1. The molecule has 0 saturated carbocycles.